The third kappa shape index (κ3) is 3.67. The standard InChI is InChI=1S/C15H23FN2O/c1-3-18(14-7-5-4-6-13(14)16)10-15(2,11-19)17-12-8-9-12/h4-7,12,17,19H,3,8-11H2,1-2H3. The van der Waals surface area contributed by atoms with Gasteiger partial charge in [0.15, 0.2) is 0 Å². The Morgan fingerprint density at radius 2 is 2.11 bits per heavy atom. The van der Waals surface area contributed by atoms with Gasteiger partial charge in [-0.05, 0) is 38.8 Å². The number of para-hydroxylation sites is 1. The normalized spacial score (nSPS) is 18.1. The summed E-state index contributed by atoms with van der Waals surface area (Å²) in [4.78, 5) is 1.97. The van der Waals surface area contributed by atoms with Gasteiger partial charge in [0.1, 0.15) is 5.82 Å². The molecule has 1 saturated carbocycles. The lowest BCUT2D eigenvalue weighted by molar-refractivity contribution is 0.176. The summed E-state index contributed by atoms with van der Waals surface area (Å²) in [5, 5.41) is 13.1. The van der Waals surface area contributed by atoms with Gasteiger partial charge in [-0.3, -0.25) is 0 Å². The van der Waals surface area contributed by atoms with Crippen LogP contribution in [0.5, 0.6) is 0 Å². The molecule has 3 nitrogen and oxygen atoms in total. The van der Waals surface area contributed by atoms with Crippen LogP contribution >= 0.6 is 0 Å². The van der Waals surface area contributed by atoms with Gasteiger partial charge in [0.2, 0.25) is 0 Å². The monoisotopic (exact) mass is 266 g/mol. The van der Waals surface area contributed by atoms with Gasteiger partial charge in [-0.15, -0.1) is 0 Å². The lowest BCUT2D eigenvalue weighted by atomic mass is 10.0. The molecule has 1 aliphatic rings. The predicted molar refractivity (Wildman–Crippen MR) is 75.9 cm³/mol. The molecule has 0 heterocycles. The van der Waals surface area contributed by atoms with Crippen molar-refractivity contribution in [1.82, 2.24) is 5.32 Å². The molecule has 1 fully saturated rings. The average Bonchev–Trinajstić information content (AvgIpc) is 3.21. The number of aliphatic hydroxyl groups excluding tert-OH is 1. The second-order valence-electron chi connectivity index (χ2n) is 5.60. The van der Waals surface area contributed by atoms with Crippen LogP contribution in [-0.2, 0) is 0 Å². The number of rotatable bonds is 7. The fourth-order valence-corrected chi connectivity index (χ4v) is 2.36. The summed E-state index contributed by atoms with van der Waals surface area (Å²) in [5.41, 5.74) is 0.210. The van der Waals surface area contributed by atoms with Crippen LogP contribution in [0.1, 0.15) is 26.7 Å². The highest BCUT2D eigenvalue weighted by atomic mass is 19.1. The average molecular weight is 266 g/mol. The van der Waals surface area contributed by atoms with Crippen LogP contribution in [0.15, 0.2) is 24.3 Å². The molecular weight excluding hydrogens is 243 g/mol. The van der Waals surface area contributed by atoms with E-state index in [-0.39, 0.29) is 18.0 Å². The highest BCUT2D eigenvalue weighted by Crippen LogP contribution is 2.25. The molecule has 2 N–H and O–H groups in total. The molecule has 1 atom stereocenters. The summed E-state index contributed by atoms with van der Waals surface area (Å²) >= 11 is 0. The predicted octanol–water partition coefficient (Wildman–Crippen LogP) is 2.15. The molecule has 4 heteroatoms. The van der Waals surface area contributed by atoms with E-state index in [1.165, 1.54) is 18.9 Å². The number of hydrogen-bond acceptors (Lipinski definition) is 3. The largest absolute Gasteiger partial charge is 0.394 e. The smallest absolute Gasteiger partial charge is 0.146 e. The number of likely N-dealkylation sites (N-methyl/N-ethyl adjacent to an activating group) is 1. The quantitative estimate of drug-likeness (QED) is 0.794. The van der Waals surface area contributed by atoms with Crippen LogP contribution in [0, 0.1) is 5.82 Å². The van der Waals surface area contributed by atoms with Crippen LogP contribution < -0.4 is 10.2 Å². The Labute approximate surface area is 114 Å². The van der Waals surface area contributed by atoms with Crippen molar-refractivity contribution in [1.29, 1.82) is 0 Å². The SMILES string of the molecule is CCN(CC(C)(CO)NC1CC1)c1ccccc1F. The Bertz CT molecular complexity index is 422. The molecule has 0 bridgehead atoms. The first-order valence-electron chi connectivity index (χ1n) is 6.96. The highest BCUT2D eigenvalue weighted by molar-refractivity contribution is 5.48. The molecule has 1 aromatic carbocycles. The lowest BCUT2D eigenvalue weighted by Crippen LogP contribution is -2.55. The molecule has 0 amide bonds. The van der Waals surface area contributed by atoms with Gasteiger partial charge in [-0.2, -0.15) is 0 Å². The number of benzene rings is 1. The third-order valence-electron chi connectivity index (χ3n) is 3.59. The van der Waals surface area contributed by atoms with Gasteiger partial charge in [0.05, 0.1) is 17.8 Å². The summed E-state index contributed by atoms with van der Waals surface area (Å²) in [5.74, 6) is -0.212. The first-order valence-corrected chi connectivity index (χ1v) is 6.96. The molecule has 1 aliphatic carbocycles. The Kier molecular flexibility index (Phi) is 4.42. The fourth-order valence-electron chi connectivity index (χ4n) is 2.36. The molecule has 0 aliphatic heterocycles. The van der Waals surface area contributed by atoms with Gasteiger partial charge in [-0.25, -0.2) is 4.39 Å². The minimum atomic E-state index is -0.389. The maximum Gasteiger partial charge on any atom is 0.146 e. The molecule has 0 spiro atoms. The van der Waals surface area contributed by atoms with Crippen molar-refractivity contribution in [2.24, 2.45) is 0 Å². The minimum Gasteiger partial charge on any atom is -0.394 e. The molecule has 2 rings (SSSR count). The van der Waals surface area contributed by atoms with Crippen molar-refractivity contribution in [3.05, 3.63) is 30.1 Å². The van der Waals surface area contributed by atoms with Gasteiger partial charge in [-0.1, -0.05) is 12.1 Å². The van der Waals surface area contributed by atoms with Gasteiger partial charge >= 0.3 is 0 Å². The lowest BCUT2D eigenvalue weighted by Gasteiger charge is -2.36. The van der Waals surface area contributed by atoms with Crippen molar-refractivity contribution in [2.45, 2.75) is 38.3 Å². The number of halogens is 1. The van der Waals surface area contributed by atoms with E-state index in [1.807, 2.05) is 24.8 Å². The first-order chi connectivity index (χ1) is 9.08. The Balaban J connectivity index is 2.10. The van der Waals surface area contributed by atoms with E-state index in [9.17, 15) is 9.50 Å². The summed E-state index contributed by atoms with van der Waals surface area (Å²) in [6.45, 7) is 5.35. The van der Waals surface area contributed by atoms with E-state index in [1.54, 1.807) is 12.1 Å². The molecule has 1 aromatic rings. The number of anilines is 1. The number of hydrogen-bond donors (Lipinski definition) is 2. The second-order valence-corrected chi connectivity index (χ2v) is 5.60. The van der Waals surface area contributed by atoms with Crippen molar-refractivity contribution in [3.8, 4) is 0 Å². The van der Waals surface area contributed by atoms with Crippen molar-refractivity contribution in [2.75, 3.05) is 24.6 Å². The third-order valence-corrected chi connectivity index (χ3v) is 3.59. The highest BCUT2D eigenvalue weighted by Gasteiger charge is 2.33. The van der Waals surface area contributed by atoms with Gasteiger partial charge in [0, 0.05) is 19.1 Å². The number of nitrogens with one attached hydrogen (secondary N) is 1. The van der Waals surface area contributed by atoms with E-state index >= 15 is 0 Å². The van der Waals surface area contributed by atoms with Crippen LogP contribution in [0.4, 0.5) is 10.1 Å². The molecular formula is C15H23FN2O. The molecule has 0 saturated heterocycles. The van der Waals surface area contributed by atoms with E-state index in [0.717, 1.165) is 0 Å². The van der Waals surface area contributed by atoms with E-state index in [4.69, 9.17) is 0 Å². The first kappa shape index (κ1) is 14.3. The minimum absolute atomic E-state index is 0.0501. The Morgan fingerprint density at radius 3 is 2.63 bits per heavy atom. The second kappa shape index (κ2) is 5.88. The van der Waals surface area contributed by atoms with E-state index in [0.29, 0.717) is 24.8 Å². The molecule has 1 unspecified atom stereocenters. The van der Waals surface area contributed by atoms with E-state index in [2.05, 4.69) is 5.32 Å². The van der Waals surface area contributed by atoms with Gasteiger partial charge < -0.3 is 15.3 Å². The fraction of sp³-hybridized carbons (Fsp3) is 0.600. The Morgan fingerprint density at radius 1 is 1.42 bits per heavy atom. The molecule has 0 radical (unpaired) electrons. The van der Waals surface area contributed by atoms with Crippen LogP contribution in [0.25, 0.3) is 0 Å². The van der Waals surface area contributed by atoms with Crippen molar-refractivity contribution < 1.29 is 9.50 Å². The summed E-state index contributed by atoms with van der Waals surface area (Å²) in [7, 11) is 0. The Hall–Kier alpha value is -1.13. The van der Waals surface area contributed by atoms with Gasteiger partial charge in [0.25, 0.3) is 0 Å². The zero-order chi connectivity index (χ0) is 13.9. The summed E-state index contributed by atoms with van der Waals surface area (Å²) in [6.07, 6.45) is 2.34. The molecule has 106 valence electrons. The zero-order valence-corrected chi connectivity index (χ0v) is 11.7. The van der Waals surface area contributed by atoms with Crippen LogP contribution in [-0.4, -0.2) is 36.4 Å². The van der Waals surface area contributed by atoms with Crippen molar-refractivity contribution >= 4 is 5.69 Å². The summed E-state index contributed by atoms with van der Waals surface area (Å²) < 4.78 is 13.9. The zero-order valence-electron chi connectivity index (χ0n) is 11.7. The molecule has 19 heavy (non-hydrogen) atoms. The van der Waals surface area contributed by atoms with Crippen LogP contribution in [0.2, 0.25) is 0 Å². The van der Waals surface area contributed by atoms with E-state index < -0.39 is 0 Å². The summed E-state index contributed by atoms with van der Waals surface area (Å²) in [6, 6.07) is 7.30. The maximum absolute atomic E-state index is 13.9. The maximum atomic E-state index is 13.9. The molecule has 0 aromatic heterocycles. The topological polar surface area (TPSA) is 35.5 Å². The van der Waals surface area contributed by atoms with Crippen molar-refractivity contribution in [3.63, 3.8) is 0 Å². The number of nitrogens with zero attached hydrogens (tertiary/aromatic N) is 1. The number of aliphatic hydroxyl groups is 1. The van der Waals surface area contributed by atoms with Crippen LogP contribution in [0.3, 0.4) is 0 Å².